The maximum Gasteiger partial charge on any atom is 0.287 e. The summed E-state index contributed by atoms with van der Waals surface area (Å²) in [4.78, 5) is 11.9. The van der Waals surface area contributed by atoms with Gasteiger partial charge in [0.2, 0.25) is 0 Å². The number of furan rings is 1. The van der Waals surface area contributed by atoms with Crippen LogP contribution in [0.1, 0.15) is 30.3 Å². The molecule has 1 aromatic heterocycles. The number of para-hydroxylation sites is 1. The summed E-state index contributed by atoms with van der Waals surface area (Å²) < 4.78 is 5.50. The molecule has 1 atom stereocenters. The molecule has 0 spiro atoms. The van der Waals surface area contributed by atoms with Crippen LogP contribution in [-0.2, 0) is 0 Å². The molecule has 0 bridgehead atoms. The maximum absolute atomic E-state index is 11.9. The molecule has 4 heteroatoms. The van der Waals surface area contributed by atoms with Crippen LogP contribution in [0.5, 0.6) is 0 Å². The number of carbonyl (C=O) groups is 1. The SMILES string of the molecule is CC(CN)CCCNC(=O)c1cc2ccccc2o1. The van der Waals surface area contributed by atoms with E-state index in [4.69, 9.17) is 10.2 Å². The van der Waals surface area contributed by atoms with Crippen molar-refractivity contribution in [2.24, 2.45) is 11.7 Å². The zero-order valence-electron chi connectivity index (χ0n) is 11.2. The van der Waals surface area contributed by atoms with Crippen LogP contribution in [0.2, 0.25) is 0 Å². The molecule has 4 nitrogen and oxygen atoms in total. The van der Waals surface area contributed by atoms with Crippen LogP contribution in [0.15, 0.2) is 34.7 Å². The molecule has 102 valence electrons. The van der Waals surface area contributed by atoms with Crippen molar-refractivity contribution in [3.05, 3.63) is 36.1 Å². The Labute approximate surface area is 113 Å². The standard InChI is InChI=1S/C15H20N2O2/c1-11(10-16)5-4-8-17-15(18)14-9-12-6-2-3-7-13(12)19-14/h2-3,6-7,9,11H,4-5,8,10,16H2,1H3,(H,17,18). The van der Waals surface area contributed by atoms with Crippen LogP contribution in [-0.4, -0.2) is 19.0 Å². The van der Waals surface area contributed by atoms with E-state index in [1.165, 1.54) is 0 Å². The first-order chi connectivity index (χ1) is 9.20. The van der Waals surface area contributed by atoms with Gasteiger partial charge >= 0.3 is 0 Å². The van der Waals surface area contributed by atoms with Gasteiger partial charge in [0, 0.05) is 11.9 Å². The van der Waals surface area contributed by atoms with Crippen molar-refractivity contribution in [2.45, 2.75) is 19.8 Å². The number of fused-ring (bicyclic) bond motifs is 1. The van der Waals surface area contributed by atoms with E-state index in [-0.39, 0.29) is 5.91 Å². The fraction of sp³-hybridized carbons (Fsp3) is 0.400. The van der Waals surface area contributed by atoms with E-state index in [0.29, 0.717) is 24.8 Å². The second-order valence-corrected chi connectivity index (χ2v) is 4.89. The predicted octanol–water partition coefficient (Wildman–Crippen LogP) is 2.54. The fourth-order valence-corrected chi connectivity index (χ4v) is 1.95. The Balaban J connectivity index is 1.86. The summed E-state index contributed by atoms with van der Waals surface area (Å²) in [5.41, 5.74) is 6.29. The van der Waals surface area contributed by atoms with Crippen LogP contribution < -0.4 is 11.1 Å². The fourth-order valence-electron chi connectivity index (χ4n) is 1.95. The lowest BCUT2D eigenvalue weighted by Crippen LogP contribution is -2.24. The van der Waals surface area contributed by atoms with Crippen LogP contribution in [0, 0.1) is 5.92 Å². The van der Waals surface area contributed by atoms with Crippen LogP contribution in [0.25, 0.3) is 11.0 Å². The molecule has 0 saturated heterocycles. The molecular formula is C15H20N2O2. The number of carbonyl (C=O) groups excluding carboxylic acids is 1. The zero-order chi connectivity index (χ0) is 13.7. The number of nitrogens with two attached hydrogens (primary N) is 1. The van der Waals surface area contributed by atoms with E-state index in [9.17, 15) is 4.79 Å². The average Bonchev–Trinajstić information content (AvgIpc) is 2.87. The molecule has 1 aromatic carbocycles. The molecule has 0 saturated carbocycles. The largest absolute Gasteiger partial charge is 0.451 e. The topological polar surface area (TPSA) is 68.3 Å². The first-order valence-electron chi connectivity index (χ1n) is 6.67. The highest BCUT2D eigenvalue weighted by Gasteiger charge is 2.11. The summed E-state index contributed by atoms with van der Waals surface area (Å²) in [6, 6.07) is 9.37. The third-order valence-corrected chi connectivity index (χ3v) is 3.21. The molecule has 0 aliphatic carbocycles. The van der Waals surface area contributed by atoms with E-state index in [1.807, 2.05) is 24.3 Å². The Bertz CT molecular complexity index is 515. The van der Waals surface area contributed by atoms with Crippen molar-refractivity contribution in [3.63, 3.8) is 0 Å². The van der Waals surface area contributed by atoms with Crippen molar-refractivity contribution < 1.29 is 9.21 Å². The Morgan fingerprint density at radius 1 is 1.42 bits per heavy atom. The Hall–Kier alpha value is -1.81. The van der Waals surface area contributed by atoms with Gasteiger partial charge in [-0.25, -0.2) is 0 Å². The molecule has 2 rings (SSSR count). The molecular weight excluding hydrogens is 240 g/mol. The lowest BCUT2D eigenvalue weighted by atomic mass is 10.1. The number of amides is 1. The molecule has 1 amide bonds. The number of benzene rings is 1. The minimum absolute atomic E-state index is 0.156. The van der Waals surface area contributed by atoms with Gasteiger partial charge in [0.05, 0.1) is 0 Å². The lowest BCUT2D eigenvalue weighted by Gasteiger charge is -2.07. The minimum atomic E-state index is -0.156. The summed E-state index contributed by atoms with van der Waals surface area (Å²) in [6.45, 7) is 3.46. The summed E-state index contributed by atoms with van der Waals surface area (Å²) in [7, 11) is 0. The highest BCUT2D eigenvalue weighted by molar-refractivity contribution is 5.95. The second-order valence-electron chi connectivity index (χ2n) is 4.89. The molecule has 19 heavy (non-hydrogen) atoms. The molecule has 1 heterocycles. The van der Waals surface area contributed by atoms with Gasteiger partial charge in [0.25, 0.3) is 5.91 Å². The van der Waals surface area contributed by atoms with Gasteiger partial charge in [-0.3, -0.25) is 4.79 Å². The Morgan fingerprint density at radius 3 is 2.95 bits per heavy atom. The number of nitrogens with one attached hydrogen (secondary N) is 1. The molecule has 0 radical (unpaired) electrons. The third-order valence-electron chi connectivity index (χ3n) is 3.21. The molecule has 1 unspecified atom stereocenters. The van der Waals surface area contributed by atoms with Gasteiger partial charge in [-0.05, 0) is 37.4 Å². The van der Waals surface area contributed by atoms with E-state index < -0.39 is 0 Å². The van der Waals surface area contributed by atoms with Crippen molar-refractivity contribution >= 4 is 16.9 Å². The smallest absolute Gasteiger partial charge is 0.287 e. The maximum atomic E-state index is 11.9. The molecule has 2 aromatic rings. The monoisotopic (exact) mass is 260 g/mol. The van der Waals surface area contributed by atoms with E-state index in [1.54, 1.807) is 6.07 Å². The average molecular weight is 260 g/mol. The van der Waals surface area contributed by atoms with Gasteiger partial charge in [-0.2, -0.15) is 0 Å². The summed E-state index contributed by atoms with van der Waals surface area (Å²) in [6.07, 6.45) is 1.96. The van der Waals surface area contributed by atoms with Gasteiger partial charge < -0.3 is 15.5 Å². The minimum Gasteiger partial charge on any atom is -0.451 e. The lowest BCUT2D eigenvalue weighted by molar-refractivity contribution is 0.0927. The van der Waals surface area contributed by atoms with E-state index in [2.05, 4.69) is 12.2 Å². The quantitative estimate of drug-likeness (QED) is 0.784. The van der Waals surface area contributed by atoms with E-state index >= 15 is 0 Å². The van der Waals surface area contributed by atoms with Crippen molar-refractivity contribution in [2.75, 3.05) is 13.1 Å². The van der Waals surface area contributed by atoms with Gasteiger partial charge in [-0.15, -0.1) is 0 Å². The normalized spacial score (nSPS) is 12.5. The first kappa shape index (κ1) is 13.6. The van der Waals surface area contributed by atoms with Crippen molar-refractivity contribution in [1.82, 2.24) is 5.32 Å². The summed E-state index contributed by atoms with van der Waals surface area (Å²) >= 11 is 0. The van der Waals surface area contributed by atoms with Gasteiger partial charge in [0.1, 0.15) is 5.58 Å². The van der Waals surface area contributed by atoms with Gasteiger partial charge in [0.15, 0.2) is 5.76 Å². The zero-order valence-corrected chi connectivity index (χ0v) is 11.2. The predicted molar refractivity (Wildman–Crippen MR) is 76.0 cm³/mol. The van der Waals surface area contributed by atoms with Gasteiger partial charge in [-0.1, -0.05) is 25.1 Å². The van der Waals surface area contributed by atoms with Crippen LogP contribution in [0.4, 0.5) is 0 Å². The summed E-state index contributed by atoms with van der Waals surface area (Å²) in [5, 5.41) is 3.81. The number of hydrogen-bond acceptors (Lipinski definition) is 3. The van der Waals surface area contributed by atoms with Crippen LogP contribution in [0.3, 0.4) is 0 Å². The highest BCUT2D eigenvalue weighted by Crippen LogP contribution is 2.18. The highest BCUT2D eigenvalue weighted by atomic mass is 16.3. The van der Waals surface area contributed by atoms with Crippen LogP contribution >= 0.6 is 0 Å². The third kappa shape index (κ3) is 3.58. The Morgan fingerprint density at radius 2 is 2.21 bits per heavy atom. The molecule has 0 fully saturated rings. The molecule has 0 aliphatic rings. The first-order valence-corrected chi connectivity index (χ1v) is 6.67. The van der Waals surface area contributed by atoms with E-state index in [0.717, 1.165) is 23.8 Å². The molecule has 0 aliphatic heterocycles. The Kier molecular flexibility index (Phi) is 4.58. The van der Waals surface area contributed by atoms with Crippen molar-refractivity contribution in [1.29, 1.82) is 0 Å². The van der Waals surface area contributed by atoms with Crippen molar-refractivity contribution in [3.8, 4) is 0 Å². The second kappa shape index (κ2) is 6.38. The number of hydrogen-bond donors (Lipinski definition) is 2. The summed E-state index contributed by atoms with van der Waals surface area (Å²) in [5.74, 6) is 0.716. The number of rotatable bonds is 6. The molecule has 3 N–H and O–H groups in total.